The summed E-state index contributed by atoms with van der Waals surface area (Å²) < 4.78 is 5.12. The average molecular weight is 283 g/mol. The molecule has 20 heavy (non-hydrogen) atoms. The Bertz CT molecular complexity index is 429. The van der Waals surface area contributed by atoms with Crippen LogP contribution in [0.4, 0.5) is 0 Å². The number of hydrogen-bond donors (Lipinski definition) is 4. The van der Waals surface area contributed by atoms with Gasteiger partial charge in [-0.3, -0.25) is 4.90 Å². The highest BCUT2D eigenvalue weighted by atomic mass is 16.6. The van der Waals surface area contributed by atoms with Crippen LogP contribution in [0.5, 0.6) is 0 Å². The summed E-state index contributed by atoms with van der Waals surface area (Å²) in [6.45, 7) is 0.374. The lowest BCUT2D eigenvalue weighted by Gasteiger charge is -2.43. The zero-order chi connectivity index (χ0) is 14.8. The van der Waals surface area contributed by atoms with Gasteiger partial charge >= 0.3 is 0 Å². The van der Waals surface area contributed by atoms with Crippen molar-refractivity contribution in [2.45, 2.75) is 30.6 Å². The molecule has 1 saturated heterocycles. The molecular formula is C14H21NO5. The predicted octanol–water partition coefficient (Wildman–Crippen LogP) is -1.08. The second kappa shape index (κ2) is 6.17. The molecule has 0 spiro atoms. The average Bonchev–Trinajstić information content (AvgIpc) is 2.42. The fourth-order valence-electron chi connectivity index (χ4n) is 2.37. The van der Waals surface area contributed by atoms with Crippen LogP contribution < -0.4 is 0 Å². The van der Waals surface area contributed by atoms with Crippen LogP contribution in [0.25, 0.3) is 0 Å². The highest BCUT2D eigenvalue weighted by molar-refractivity contribution is 5.14. The highest BCUT2D eigenvalue weighted by Crippen LogP contribution is 2.25. The molecule has 4 N–H and O–H groups in total. The van der Waals surface area contributed by atoms with Gasteiger partial charge in [0.05, 0.1) is 13.2 Å². The largest absolute Gasteiger partial charge is 0.388 e. The molecule has 1 fully saturated rings. The van der Waals surface area contributed by atoms with Crippen molar-refractivity contribution in [3.05, 3.63) is 35.9 Å². The van der Waals surface area contributed by atoms with Crippen LogP contribution in [0.1, 0.15) is 5.56 Å². The Kier molecular flexibility index (Phi) is 4.74. The number of rotatable bonds is 4. The number of aliphatic hydroxyl groups is 4. The fraction of sp³-hybridized carbons (Fsp3) is 0.571. The number of aliphatic hydroxyl groups excluding tert-OH is 3. The highest BCUT2D eigenvalue weighted by Gasteiger charge is 2.48. The summed E-state index contributed by atoms with van der Waals surface area (Å²) in [6.07, 6.45) is -4.16. The third-order valence-corrected chi connectivity index (χ3v) is 3.48. The molecule has 1 aromatic rings. The lowest BCUT2D eigenvalue weighted by molar-refractivity contribution is -0.324. The van der Waals surface area contributed by atoms with Crippen molar-refractivity contribution < 1.29 is 25.2 Å². The molecule has 0 amide bonds. The Morgan fingerprint density at radius 1 is 1.25 bits per heavy atom. The topological polar surface area (TPSA) is 93.4 Å². The summed E-state index contributed by atoms with van der Waals surface area (Å²) in [5, 5.41) is 39.2. The van der Waals surface area contributed by atoms with Crippen molar-refractivity contribution in [2.75, 3.05) is 20.2 Å². The van der Waals surface area contributed by atoms with Crippen molar-refractivity contribution >= 4 is 0 Å². The summed E-state index contributed by atoms with van der Waals surface area (Å²) >= 11 is 0. The number of nitrogens with zero attached hydrogens (tertiary/aromatic N) is 1. The van der Waals surface area contributed by atoms with Gasteiger partial charge in [-0.15, -0.1) is 0 Å². The molecule has 1 aliphatic rings. The van der Waals surface area contributed by atoms with E-state index in [1.54, 1.807) is 11.9 Å². The summed E-state index contributed by atoms with van der Waals surface area (Å²) in [5.41, 5.74) is 1.06. The van der Waals surface area contributed by atoms with E-state index >= 15 is 0 Å². The van der Waals surface area contributed by atoms with Crippen molar-refractivity contribution in [3.8, 4) is 0 Å². The Labute approximate surface area is 117 Å². The van der Waals surface area contributed by atoms with Gasteiger partial charge in [0.1, 0.15) is 18.3 Å². The van der Waals surface area contributed by atoms with Gasteiger partial charge in [-0.05, 0) is 12.6 Å². The monoisotopic (exact) mass is 283 g/mol. The lowest BCUT2D eigenvalue weighted by Crippen LogP contribution is -2.64. The Morgan fingerprint density at radius 3 is 2.55 bits per heavy atom. The molecule has 112 valence electrons. The quantitative estimate of drug-likeness (QED) is 0.562. The summed E-state index contributed by atoms with van der Waals surface area (Å²) in [6, 6.07) is 9.67. The van der Waals surface area contributed by atoms with Crippen LogP contribution in [0, 0.1) is 0 Å². The Morgan fingerprint density at radius 2 is 1.90 bits per heavy atom. The number of likely N-dealkylation sites (N-methyl/N-ethyl adjacent to an activating group) is 1. The summed E-state index contributed by atoms with van der Waals surface area (Å²) in [4.78, 5) is 1.78. The van der Waals surface area contributed by atoms with Gasteiger partial charge in [0, 0.05) is 6.54 Å². The molecule has 4 unspecified atom stereocenters. The first-order valence-corrected chi connectivity index (χ1v) is 6.55. The first-order chi connectivity index (χ1) is 9.42. The van der Waals surface area contributed by atoms with Crippen molar-refractivity contribution in [2.24, 2.45) is 0 Å². The van der Waals surface area contributed by atoms with Crippen molar-refractivity contribution in [3.63, 3.8) is 0 Å². The second-order valence-corrected chi connectivity index (χ2v) is 5.32. The molecule has 0 radical (unpaired) electrons. The molecule has 1 aromatic carbocycles. The van der Waals surface area contributed by atoms with Crippen molar-refractivity contribution in [1.29, 1.82) is 0 Å². The van der Waals surface area contributed by atoms with Crippen molar-refractivity contribution in [1.82, 2.24) is 4.90 Å². The minimum absolute atomic E-state index is 0.0207. The van der Waals surface area contributed by atoms with E-state index in [2.05, 4.69) is 0 Å². The van der Waals surface area contributed by atoms with E-state index in [4.69, 9.17) is 4.74 Å². The van der Waals surface area contributed by atoms with Crippen LogP contribution in [0.2, 0.25) is 0 Å². The minimum Gasteiger partial charge on any atom is -0.388 e. The van der Waals surface area contributed by atoms with Gasteiger partial charge in [0.15, 0.2) is 0 Å². The molecule has 0 saturated carbocycles. The predicted molar refractivity (Wildman–Crippen MR) is 71.7 cm³/mol. The second-order valence-electron chi connectivity index (χ2n) is 5.32. The maximum Gasteiger partial charge on any atom is 0.207 e. The van der Waals surface area contributed by atoms with Gasteiger partial charge in [0.2, 0.25) is 5.79 Å². The zero-order valence-corrected chi connectivity index (χ0v) is 11.4. The molecule has 6 heteroatoms. The Balaban J connectivity index is 1.97. The zero-order valence-electron chi connectivity index (χ0n) is 11.4. The third kappa shape index (κ3) is 3.35. The standard InChI is InChI=1S/C14H21NO5/c1-15(7-10-5-3-2-4-6-10)9-14(19)13(18)12(17)11(16)8-20-14/h2-6,11-13,16-19H,7-9H2,1H3. The van der Waals surface area contributed by atoms with E-state index in [-0.39, 0.29) is 13.2 Å². The Hall–Kier alpha value is -1.02. The molecule has 0 aromatic heterocycles. The SMILES string of the molecule is CN(Cc1ccccc1)CC1(O)OCC(O)C(O)C1O. The first kappa shape index (κ1) is 15.4. The van der Waals surface area contributed by atoms with Crippen LogP contribution in [-0.2, 0) is 11.3 Å². The van der Waals surface area contributed by atoms with E-state index in [0.29, 0.717) is 6.54 Å². The number of ether oxygens (including phenoxy) is 1. The van der Waals surface area contributed by atoms with E-state index in [1.165, 1.54) is 0 Å². The summed E-state index contributed by atoms with van der Waals surface area (Å²) in [5.74, 6) is -1.89. The molecular weight excluding hydrogens is 262 g/mol. The molecule has 2 rings (SSSR count). The third-order valence-electron chi connectivity index (χ3n) is 3.48. The van der Waals surface area contributed by atoms with E-state index in [0.717, 1.165) is 5.56 Å². The minimum atomic E-state index is -1.89. The van der Waals surface area contributed by atoms with E-state index in [9.17, 15) is 20.4 Å². The molecule has 4 atom stereocenters. The molecule has 0 bridgehead atoms. The van der Waals surface area contributed by atoms with E-state index in [1.807, 2.05) is 30.3 Å². The molecule has 6 nitrogen and oxygen atoms in total. The van der Waals surface area contributed by atoms with Gasteiger partial charge in [0.25, 0.3) is 0 Å². The normalized spacial score (nSPS) is 34.4. The molecule has 1 aliphatic heterocycles. The van der Waals surface area contributed by atoms with Crippen LogP contribution in [0.15, 0.2) is 30.3 Å². The molecule has 1 heterocycles. The van der Waals surface area contributed by atoms with Gasteiger partial charge in [-0.1, -0.05) is 30.3 Å². The fourth-order valence-corrected chi connectivity index (χ4v) is 2.37. The van der Waals surface area contributed by atoms with Crippen LogP contribution in [0.3, 0.4) is 0 Å². The van der Waals surface area contributed by atoms with Gasteiger partial charge in [-0.2, -0.15) is 0 Å². The summed E-state index contributed by atoms with van der Waals surface area (Å²) in [7, 11) is 1.78. The number of hydrogen-bond acceptors (Lipinski definition) is 6. The molecule has 0 aliphatic carbocycles. The maximum absolute atomic E-state index is 10.3. The van der Waals surface area contributed by atoms with Crippen LogP contribution in [-0.4, -0.2) is 69.6 Å². The lowest BCUT2D eigenvalue weighted by atomic mass is 9.96. The smallest absolute Gasteiger partial charge is 0.207 e. The number of benzene rings is 1. The van der Waals surface area contributed by atoms with Gasteiger partial charge in [-0.25, -0.2) is 0 Å². The van der Waals surface area contributed by atoms with Crippen LogP contribution >= 0.6 is 0 Å². The van der Waals surface area contributed by atoms with E-state index < -0.39 is 24.1 Å². The first-order valence-electron chi connectivity index (χ1n) is 6.55. The maximum atomic E-state index is 10.3. The van der Waals surface area contributed by atoms with Gasteiger partial charge < -0.3 is 25.2 Å².